The predicted octanol–water partition coefficient (Wildman–Crippen LogP) is 2.15. The average molecular weight is 282 g/mol. The lowest BCUT2D eigenvalue weighted by Gasteiger charge is -2.35. The van der Waals surface area contributed by atoms with E-state index in [-0.39, 0.29) is 16.8 Å². The van der Waals surface area contributed by atoms with Gasteiger partial charge in [-0.15, -0.1) is 0 Å². The molecule has 2 rings (SSSR count). The molecule has 0 aromatic rings. The molecule has 2 N–H and O–H groups in total. The van der Waals surface area contributed by atoms with Crippen LogP contribution < -0.4 is 5.73 Å². The Hall–Kier alpha value is -0.970. The summed E-state index contributed by atoms with van der Waals surface area (Å²) in [5.74, 6) is -0.179. The monoisotopic (exact) mass is 282 g/mol. The molecule has 4 nitrogen and oxygen atoms in total. The Labute approximate surface area is 119 Å². The molecule has 1 spiro atoms. The summed E-state index contributed by atoms with van der Waals surface area (Å²) in [6.07, 6.45) is 6.34. The van der Waals surface area contributed by atoms with Gasteiger partial charge in [0.2, 0.25) is 11.8 Å². The summed E-state index contributed by atoms with van der Waals surface area (Å²) in [7, 11) is 0. The zero-order valence-electron chi connectivity index (χ0n) is 11.7. The molecule has 5 heteroatoms. The first-order chi connectivity index (χ1) is 8.81. The SMILES string of the molecule is CC(C)(C(N)=S)N1C(=O)CC2(CCCCCC2)C1=O. The van der Waals surface area contributed by atoms with Gasteiger partial charge in [-0.1, -0.05) is 37.9 Å². The van der Waals surface area contributed by atoms with Crippen LogP contribution in [0.15, 0.2) is 0 Å². The largest absolute Gasteiger partial charge is 0.391 e. The van der Waals surface area contributed by atoms with E-state index in [0.717, 1.165) is 38.5 Å². The number of nitrogens with zero attached hydrogens (tertiary/aromatic N) is 1. The Morgan fingerprint density at radius 2 is 1.74 bits per heavy atom. The minimum atomic E-state index is -0.862. The lowest BCUT2D eigenvalue weighted by Crippen LogP contribution is -2.56. The van der Waals surface area contributed by atoms with Crippen molar-refractivity contribution in [2.75, 3.05) is 0 Å². The second kappa shape index (κ2) is 4.85. The molecule has 0 atom stereocenters. The molecule has 1 heterocycles. The summed E-state index contributed by atoms with van der Waals surface area (Å²) < 4.78 is 0. The summed E-state index contributed by atoms with van der Waals surface area (Å²) in [4.78, 5) is 26.6. The number of imide groups is 1. The number of likely N-dealkylation sites (tertiary alicyclic amines) is 1. The summed E-state index contributed by atoms with van der Waals surface area (Å²) in [6.45, 7) is 3.50. The molecule has 2 aliphatic rings. The standard InChI is InChI=1S/C14H22N2O2S/c1-13(2,11(15)19)16-10(17)9-14(12(16)18)7-5-3-4-6-8-14/h3-9H2,1-2H3,(H2,15,19). The number of rotatable bonds is 2. The quantitative estimate of drug-likeness (QED) is 0.622. The van der Waals surface area contributed by atoms with E-state index in [4.69, 9.17) is 18.0 Å². The fourth-order valence-corrected chi connectivity index (χ4v) is 3.36. The van der Waals surface area contributed by atoms with Gasteiger partial charge in [0.25, 0.3) is 0 Å². The average Bonchev–Trinajstić information content (AvgIpc) is 2.50. The number of hydrogen-bond donors (Lipinski definition) is 1. The fraction of sp³-hybridized carbons (Fsp3) is 0.786. The molecule has 1 aliphatic heterocycles. The molecule has 0 aromatic heterocycles. The minimum absolute atomic E-state index is 0.0581. The third-order valence-corrected chi connectivity index (χ3v) is 5.12. The van der Waals surface area contributed by atoms with Crippen molar-refractivity contribution in [1.29, 1.82) is 0 Å². The van der Waals surface area contributed by atoms with E-state index < -0.39 is 11.0 Å². The number of amides is 2. The van der Waals surface area contributed by atoms with E-state index in [9.17, 15) is 9.59 Å². The van der Waals surface area contributed by atoms with Crippen LogP contribution in [0.3, 0.4) is 0 Å². The highest BCUT2D eigenvalue weighted by Gasteiger charge is 2.55. The van der Waals surface area contributed by atoms with Crippen LogP contribution in [0, 0.1) is 5.41 Å². The van der Waals surface area contributed by atoms with Gasteiger partial charge in [-0.05, 0) is 26.7 Å². The molecule has 2 amide bonds. The molecule has 1 saturated heterocycles. The first kappa shape index (κ1) is 14.4. The van der Waals surface area contributed by atoms with E-state index in [1.165, 1.54) is 4.90 Å². The maximum atomic E-state index is 12.8. The van der Waals surface area contributed by atoms with Crippen molar-refractivity contribution in [2.45, 2.75) is 64.3 Å². The van der Waals surface area contributed by atoms with Crippen molar-refractivity contribution < 1.29 is 9.59 Å². The highest BCUT2D eigenvalue weighted by molar-refractivity contribution is 7.80. The summed E-state index contributed by atoms with van der Waals surface area (Å²) in [5, 5.41) is 0. The van der Waals surface area contributed by atoms with Crippen LogP contribution in [0.5, 0.6) is 0 Å². The van der Waals surface area contributed by atoms with Crippen molar-refractivity contribution in [3.8, 4) is 0 Å². The van der Waals surface area contributed by atoms with Gasteiger partial charge in [-0.3, -0.25) is 14.5 Å². The number of nitrogens with two attached hydrogens (primary N) is 1. The van der Waals surface area contributed by atoms with Crippen molar-refractivity contribution in [1.82, 2.24) is 4.90 Å². The van der Waals surface area contributed by atoms with Crippen LogP contribution >= 0.6 is 12.2 Å². The highest BCUT2D eigenvalue weighted by Crippen LogP contribution is 2.46. The molecule has 19 heavy (non-hydrogen) atoms. The second-order valence-electron chi connectivity index (χ2n) is 6.33. The molecule has 106 valence electrons. The van der Waals surface area contributed by atoms with Gasteiger partial charge in [0.15, 0.2) is 0 Å². The van der Waals surface area contributed by atoms with Gasteiger partial charge < -0.3 is 5.73 Å². The smallest absolute Gasteiger partial charge is 0.236 e. The number of thiocarbonyl (C=S) groups is 1. The van der Waals surface area contributed by atoms with Gasteiger partial charge in [-0.25, -0.2) is 0 Å². The Morgan fingerprint density at radius 3 is 2.21 bits per heavy atom. The van der Waals surface area contributed by atoms with Crippen LogP contribution in [0.2, 0.25) is 0 Å². The molecule has 0 radical (unpaired) electrons. The molecule has 2 fully saturated rings. The van der Waals surface area contributed by atoms with E-state index in [1.807, 2.05) is 0 Å². The van der Waals surface area contributed by atoms with Crippen molar-refractivity contribution >= 4 is 29.0 Å². The maximum Gasteiger partial charge on any atom is 0.236 e. The van der Waals surface area contributed by atoms with Gasteiger partial charge in [0, 0.05) is 6.42 Å². The zero-order valence-corrected chi connectivity index (χ0v) is 12.5. The van der Waals surface area contributed by atoms with Crippen molar-refractivity contribution in [3.05, 3.63) is 0 Å². The fourth-order valence-electron chi connectivity index (χ4n) is 3.27. The Kier molecular flexibility index (Phi) is 3.69. The summed E-state index contributed by atoms with van der Waals surface area (Å²) >= 11 is 5.02. The summed E-state index contributed by atoms with van der Waals surface area (Å²) in [5.41, 5.74) is 4.37. The van der Waals surface area contributed by atoms with E-state index in [2.05, 4.69) is 0 Å². The number of carbonyl (C=O) groups is 2. The molecule has 0 aromatic carbocycles. The Bertz CT molecular complexity index is 423. The molecule has 1 saturated carbocycles. The third kappa shape index (κ3) is 2.29. The number of carbonyl (C=O) groups excluding carboxylic acids is 2. The van der Waals surface area contributed by atoms with Crippen LogP contribution in [-0.2, 0) is 9.59 Å². The Morgan fingerprint density at radius 1 is 1.21 bits per heavy atom. The molecule has 1 aliphatic carbocycles. The topological polar surface area (TPSA) is 63.4 Å². The van der Waals surface area contributed by atoms with Gasteiger partial charge >= 0.3 is 0 Å². The molecular weight excluding hydrogens is 260 g/mol. The zero-order chi connectivity index (χ0) is 14.3. The highest BCUT2D eigenvalue weighted by atomic mass is 32.1. The minimum Gasteiger partial charge on any atom is -0.391 e. The molecule has 0 bridgehead atoms. The first-order valence-corrected chi connectivity index (χ1v) is 7.39. The van der Waals surface area contributed by atoms with Crippen LogP contribution in [-0.4, -0.2) is 27.2 Å². The third-order valence-electron chi connectivity index (χ3n) is 4.62. The lowest BCUT2D eigenvalue weighted by atomic mass is 9.79. The van der Waals surface area contributed by atoms with Crippen molar-refractivity contribution in [3.63, 3.8) is 0 Å². The molecular formula is C14H22N2O2S. The second-order valence-corrected chi connectivity index (χ2v) is 6.77. The summed E-state index contributed by atoms with van der Waals surface area (Å²) in [6, 6.07) is 0. The van der Waals surface area contributed by atoms with Gasteiger partial charge in [-0.2, -0.15) is 0 Å². The number of hydrogen-bond acceptors (Lipinski definition) is 3. The Balaban J connectivity index is 2.32. The normalized spacial score (nSPS) is 23.8. The maximum absolute atomic E-state index is 12.8. The lowest BCUT2D eigenvalue weighted by molar-refractivity contribution is -0.145. The van der Waals surface area contributed by atoms with E-state index in [1.54, 1.807) is 13.8 Å². The van der Waals surface area contributed by atoms with Gasteiger partial charge in [0.1, 0.15) is 0 Å². The van der Waals surface area contributed by atoms with E-state index in [0.29, 0.717) is 6.42 Å². The first-order valence-electron chi connectivity index (χ1n) is 6.99. The van der Waals surface area contributed by atoms with Crippen LogP contribution in [0.4, 0.5) is 0 Å². The van der Waals surface area contributed by atoms with Gasteiger partial charge in [0.05, 0.1) is 15.9 Å². The van der Waals surface area contributed by atoms with Crippen molar-refractivity contribution in [2.24, 2.45) is 11.1 Å². The van der Waals surface area contributed by atoms with E-state index >= 15 is 0 Å². The molecule has 0 unspecified atom stereocenters. The predicted molar refractivity (Wildman–Crippen MR) is 77.5 cm³/mol. The van der Waals surface area contributed by atoms with Crippen LogP contribution in [0.1, 0.15) is 58.8 Å². The van der Waals surface area contributed by atoms with Crippen LogP contribution in [0.25, 0.3) is 0 Å².